The number of halogens is 1. The van der Waals surface area contributed by atoms with Gasteiger partial charge in [0.25, 0.3) is 0 Å². The molecule has 3 rings (SSSR count). The van der Waals surface area contributed by atoms with E-state index in [0.717, 1.165) is 41.2 Å². The monoisotopic (exact) mass is 632 g/mol. The number of benzene rings is 3. The number of rotatable bonds is 5. The molecule has 0 aliphatic rings. The Morgan fingerprint density at radius 2 is 1.12 bits per heavy atom. The molecule has 0 unspecified atom stereocenters. The molecule has 42 heavy (non-hydrogen) atoms. The standard InChI is InChI=1S/C22H28N2.C14H21ClO2.Ni/c1-7-10-20(24-22-17(4)13-9-14-18(22)5)19(6)23-21-15(2)11-8-12-16(21)3;1-13(2,3)8-7-9(14(4,5)6)11(16)12(17)10(8)15;/h8-9,11-14H,7,10H2,1-6H3;7,16-17H,1-6H3;/q;;+2/p-2. The first kappa shape index (κ1) is 37.4. The van der Waals surface area contributed by atoms with Gasteiger partial charge in [-0.3, -0.25) is 9.98 Å². The fourth-order valence-corrected chi connectivity index (χ4v) is 5.03. The molecule has 6 heteroatoms. The first-order valence-electron chi connectivity index (χ1n) is 14.4. The van der Waals surface area contributed by atoms with Crippen LogP contribution < -0.4 is 10.2 Å². The second-order valence-electron chi connectivity index (χ2n) is 12.9. The zero-order valence-corrected chi connectivity index (χ0v) is 29.1. The summed E-state index contributed by atoms with van der Waals surface area (Å²) in [6, 6.07) is 14.4. The van der Waals surface area contributed by atoms with Crippen LogP contribution >= 0.6 is 11.6 Å². The molecule has 0 amide bonds. The average Bonchev–Trinajstić information content (AvgIpc) is 2.85. The molecule has 230 valence electrons. The van der Waals surface area contributed by atoms with Crippen LogP contribution in [0.15, 0.2) is 52.4 Å². The molecule has 0 saturated carbocycles. The van der Waals surface area contributed by atoms with E-state index in [1.54, 1.807) is 6.07 Å². The normalized spacial score (nSPS) is 12.4. The summed E-state index contributed by atoms with van der Waals surface area (Å²) in [6.07, 6.45) is 2.00. The van der Waals surface area contributed by atoms with E-state index in [0.29, 0.717) is 5.56 Å². The van der Waals surface area contributed by atoms with Crippen molar-refractivity contribution in [3.63, 3.8) is 0 Å². The molecule has 3 aromatic carbocycles. The van der Waals surface area contributed by atoms with Crippen LogP contribution in [0.5, 0.6) is 11.5 Å². The predicted molar refractivity (Wildman–Crippen MR) is 174 cm³/mol. The van der Waals surface area contributed by atoms with Gasteiger partial charge < -0.3 is 10.2 Å². The number of hydrogen-bond acceptors (Lipinski definition) is 4. The Hall–Kier alpha value is -2.62. The molecular formula is C36H47ClN2NiO2. The summed E-state index contributed by atoms with van der Waals surface area (Å²) in [7, 11) is 0. The fourth-order valence-electron chi connectivity index (χ4n) is 4.61. The molecule has 3 aromatic rings. The van der Waals surface area contributed by atoms with Crippen molar-refractivity contribution in [2.24, 2.45) is 9.98 Å². The molecule has 4 nitrogen and oxygen atoms in total. The van der Waals surface area contributed by atoms with Crippen LogP contribution in [-0.4, -0.2) is 11.4 Å². The number of hydrogen-bond donors (Lipinski definition) is 0. The van der Waals surface area contributed by atoms with E-state index in [9.17, 15) is 10.2 Å². The van der Waals surface area contributed by atoms with Gasteiger partial charge in [-0.25, -0.2) is 0 Å². The predicted octanol–water partition coefficient (Wildman–Crippen LogP) is 9.67. The molecule has 0 N–H and O–H groups in total. The van der Waals surface area contributed by atoms with Crippen LogP contribution in [-0.2, 0) is 27.3 Å². The summed E-state index contributed by atoms with van der Waals surface area (Å²) in [5, 5.41) is 23.8. The summed E-state index contributed by atoms with van der Waals surface area (Å²) < 4.78 is 0. The van der Waals surface area contributed by atoms with Crippen LogP contribution in [0.1, 0.15) is 102 Å². The molecule has 0 spiro atoms. The van der Waals surface area contributed by atoms with Gasteiger partial charge in [0.15, 0.2) is 0 Å². The van der Waals surface area contributed by atoms with E-state index >= 15 is 0 Å². The van der Waals surface area contributed by atoms with E-state index in [4.69, 9.17) is 21.6 Å². The summed E-state index contributed by atoms with van der Waals surface area (Å²) in [4.78, 5) is 9.91. The smallest absolute Gasteiger partial charge is 0.873 e. The molecule has 0 aliphatic carbocycles. The van der Waals surface area contributed by atoms with Gasteiger partial charge in [-0.1, -0.05) is 120 Å². The van der Waals surface area contributed by atoms with E-state index in [1.807, 2.05) is 41.5 Å². The van der Waals surface area contributed by atoms with Crippen molar-refractivity contribution in [2.45, 2.75) is 107 Å². The summed E-state index contributed by atoms with van der Waals surface area (Å²) in [5.41, 5.74) is 9.77. The third-order valence-electron chi connectivity index (χ3n) is 7.10. The average molecular weight is 634 g/mol. The molecule has 0 saturated heterocycles. The molecule has 0 radical (unpaired) electrons. The summed E-state index contributed by atoms with van der Waals surface area (Å²) in [5.74, 6) is -1.06. The SMILES string of the molecule is CC(C)(C)c1cc(C(C)(C)C)c(Cl)c([O-])c1[O-].CCCC(=Nc1c(C)cccc1C)C(C)=Nc1c(C)cccc1C.[Ni+2]. The molecule has 0 aromatic heterocycles. The van der Waals surface area contributed by atoms with E-state index in [1.165, 1.54) is 22.3 Å². The van der Waals surface area contributed by atoms with Crippen molar-refractivity contribution in [2.75, 3.05) is 0 Å². The quantitative estimate of drug-likeness (QED) is 0.207. The minimum atomic E-state index is -0.580. The Labute approximate surface area is 269 Å². The van der Waals surface area contributed by atoms with Crippen molar-refractivity contribution >= 4 is 34.4 Å². The Kier molecular flexibility index (Phi) is 13.5. The first-order chi connectivity index (χ1) is 18.9. The number of aryl methyl sites for hydroxylation is 4. The third kappa shape index (κ3) is 9.45. The van der Waals surface area contributed by atoms with E-state index in [-0.39, 0.29) is 32.3 Å². The van der Waals surface area contributed by atoms with Crippen LogP contribution in [0.25, 0.3) is 0 Å². The Morgan fingerprint density at radius 3 is 1.50 bits per heavy atom. The number of aliphatic imine (C=N–C) groups is 2. The minimum absolute atomic E-state index is 0. The van der Waals surface area contributed by atoms with Gasteiger partial charge >= 0.3 is 16.5 Å². The van der Waals surface area contributed by atoms with Gasteiger partial charge in [-0.15, -0.1) is 5.75 Å². The van der Waals surface area contributed by atoms with Crippen LogP contribution in [0, 0.1) is 27.7 Å². The zero-order chi connectivity index (χ0) is 31.3. The Bertz CT molecular complexity index is 1370. The topological polar surface area (TPSA) is 70.8 Å². The van der Waals surface area contributed by atoms with Crippen molar-refractivity contribution in [1.82, 2.24) is 0 Å². The van der Waals surface area contributed by atoms with Crippen molar-refractivity contribution in [1.29, 1.82) is 0 Å². The first-order valence-corrected chi connectivity index (χ1v) is 14.7. The molecule has 0 aliphatic heterocycles. The maximum atomic E-state index is 11.9. The maximum absolute atomic E-state index is 11.9. The zero-order valence-electron chi connectivity index (χ0n) is 27.4. The molecular weight excluding hydrogens is 587 g/mol. The largest absolute Gasteiger partial charge is 2.00 e. The Morgan fingerprint density at radius 1 is 0.714 bits per heavy atom. The molecule has 0 fully saturated rings. The maximum Gasteiger partial charge on any atom is 2.00 e. The van der Waals surface area contributed by atoms with Crippen LogP contribution in [0.4, 0.5) is 11.4 Å². The van der Waals surface area contributed by atoms with Crippen molar-refractivity contribution < 1.29 is 26.7 Å². The van der Waals surface area contributed by atoms with Crippen molar-refractivity contribution in [3.8, 4) is 11.5 Å². The minimum Gasteiger partial charge on any atom is -0.873 e. The van der Waals surface area contributed by atoms with Crippen LogP contribution in [0.2, 0.25) is 5.02 Å². The summed E-state index contributed by atoms with van der Waals surface area (Å²) >= 11 is 5.99. The number of para-hydroxylation sites is 2. The van der Waals surface area contributed by atoms with E-state index in [2.05, 4.69) is 77.9 Å². The molecule has 0 atom stereocenters. The van der Waals surface area contributed by atoms with Crippen molar-refractivity contribution in [3.05, 3.63) is 80.9 Å². The molecule has 0 bridgehead atoms. The van der Waals surface area contributed by atoms with E-state index < -0.39 is 11.5 Å². The number of nitrogens with zero attached hydrogens (tertiary/aromatic N) is 2. The molecule has 0 heterocycles. The van der Waals surface area contributed by atoms with Gasteiger partial charge in [-0.2, -0.15) is 0 Å². The fraction of sp³-hybridized carbons (Fsp3) is 0.444. The van der Waals surface area contributed by atoms with Crippen LogP contribution in [0.3, 0.4) is 0 Å². The third-order valence-corrected chi connectivity index (χ3v) is 7.48. The van der Waals surface area contributed by atoms with Gasteiger partial charge in [-0.05, 0) is 79.7 Å². The second kappa shape index (κ2) is 15.2. The van der Waals surface area contributed by atoms with Gasteiger partial charge in [0, 0.05) is 5.02 Å². The van der Waals surface area contributed by atoms with Gasteiger partial charge in [0.2, 0.25) is 0 Å². The van der Waals surface area contributed by atoms with Gasteiger partial charge in [0.1, 0.15) is 0 Å². The Balaban J connectivity index is 0.000000434. The second-order valence-corrected chi connectivity index (χ2v) is 13.3. The summed E-state index contributed by atoms with van der Waals surface area (Å²) in [6.45, 7) is 24.4. The van der Waals surface area contributed by atoms with Gasteiger partial charge in [0.05, 0.1) is 22.8 Å².